The van der Waals surface area contributed by atoms with Gasteiger partial charge in [-0.05, 0) is 32.4 Å². The molecule has 2 rings (SSSR count). The van der Waals surface area contributed by atoms with E-state index in [-0.39, 0.29) is 5.82 Å². The molecule has 0 spiro atoms. The first-order chi connectivity index (χ1) is 8.26. The quantitative estimate of drug-likeness (QED) is 0.823. The summed E-state index contributed by atoms with van der Waals surface area (Å²) in [6, 6.07) is 2.20. The van der Waals surface area contributed by atoms with Crippen LogP contribution in [0.3, 0.4) is 0 Å². The van der Waals surface area contributed by atoms with Crippen molar-refractivity contribution in [1.29, 1.82) is 0 Å². The standard InChI is InChI=1S/C13H20FN3/c1-3-15-8-10-7-11(14)9-16-13(10)17(4-2)12-5-6-12/h7,9,12,15H,3-6,8H2,1-2H3. The molecule has 1 fully saturated rings. The highest BCUT2D eigenvalue weighted by Gasteiger charge is 2.30. The van der Waals surface area contributed by atoms with Crippen LogP contribution in [0.4, 0.5) is 10.2 Å². The van der Waals surface area contributed by atoms with Gasteiger partial charge in [0.15, 0.2) is 0 Å². The van der Waals surface area contributed by atoms with Gasteiger partial charge in [0.05, 0.1) is 6.20 Å². The van der Waals surface area contributed by atoms with E-state index in [2.05, 4.69) is 22.1 Å². The monoisotopic (exact) mass is 237 g/mol. The summed E-state index contributed by atoms with van der Waals surface area (Å²) in [5, 5.41) is 3.24. The maximum absolute atomic E-state index is 13.2. The highest BCUT2D eigenvalue weighted by Crippen LogP contribution is 2.32. The Labute approximate surface area is 102 Å². The highest BCUT2D eigenvalue weighted by molar-refractivity contribution is 5.49. The van der Waals surface area contributed by atoms with Gasteiger partial charge in [-0.2, -0.15) is 0 Å². The molecule has 3 nitrogen and oxygen atoms in total. The van der Waals surface area contributed by atoms with Crippen LogP contribution in [0.15, 0.2) is 12.3 Å². The predicted molar refractivity (Wildman–Crippen MR) is 67.6 cm³/mol. The lowest BCUT2D eigenvalue weighted by Crippen LogP contribution is -2.28. The largest absolute Gasteiger partial charge is 0.354 e. The van der Waals surface area contributed by atoms with Gasteiger partial charge in [-0.3, -0.25) is 0 Å². The van der Waals surface area contributed by atoms with Crippen LogP contribution < -0.4 is 10.2 Å². The molecule has 94 valence electrons. The van der Waals surface area contributed by atoms with Gasteiger partial charge in [0, 0.05) is 24.7 Å². The smallest absolute Gasteiger partial charge is 0.141 e. The third kappa shape index (κ3) is 2.94. The van der Waals surface area contributed by atoms with Gasteiger partial charge in [-0.1, -0.05) is 6.92 Å². The zero-order chi connectivity index (χ0) is 12.3. The Hall–Kier alpha value is -1.16. The molecule has 1 aromatic heterocycles. The van der Waals surface area contributed by atoms with Crippen molar-refractivity contribution in [2.45, 2.75) is 39.3 Å². The summed E-state index contributed by atoms with van der Waals surface area (Å²) < 4.78 is 13.2. The molecular formula is C13H20FN3. The molecule has 1 aromatic rings. The first kappa shape index (κ1) is 12.3. The average Bonchev–Trinajstić information content (AvgIpc) is 3.14. The SMILES string of the molecule is CCNCc1cc(F)cnc1N(CC)C1CC1. The molecule has 0 unspecified atom stereocenters. The van der Waals surface area contributed by atoms with Crippen LogP contribution in [0.2, 0.25) is 0 Å². The van der Waals surface area contributed by atoms with Crippen molar-refractivity contribution in [3.63, 3.8) is 0 Å². The molecule has 0 aromatic carbocycles. The van der Waals surface area contributed by atoms with Crippen molar-refractivity contribution in [3.8, 4) is 0 Å². The second-order valence-corrected chi connectivity index (χ2v) is 4.43. The number of anilines is 1. The lowest BCUT2D eigenvalue weighted by Gasteiger charge is -2.24. The molecule has 1 saturated carbocycles. The summed E-state index contributed by atoms with van der Waals surface area (Å²) in [7, 11) is 0. The van der Waals surface area contributed by atoms with E-state index < -0.39 is 0 Å². The number of pyridine rings is 1. The van der Waals surface area contributed by atoms with E-state index in [9.17, 15) is 4.39 Å². The second-order valence-electron chi connectivity index (χ2n) is 4.43. The average molecular weight is 237 g/mol. The fraction of sp³-hybridized carbons (Fsp3) is 0.615. The Morgan fingerprint density at radius 3 is 2.82 bits per heavy atom. The minimum atomic E-state index is -0.256. The zero-order valence-corrected chi connectivity index (χ0v) is 10.5. The van der Waals surface area contributed by atoms with E-state index >= 15 is 0 Å². The summed E-state index contributed by atoms with van der Waals surface area (Å²) in [5.74, 6) is 0.686. The number of nitrogens with one attached hydrogen (secondary N) is 1. The van der Waals surface area contributed by atoms with Crippen molar-refractivity contribution in [2.75, 3.05) is 18.0 Å². The van der Waals surface area contributed by atoms with Crippen molar-refractivity contribution in [3.05, 3.63) is 23.6 Å². The zero-order valence-electron chi connectivity index (χ0n) is 10.5. The summed E-state index contributed by atoms with van der Waals surface area (Å²) in [6.45, 7) is 6.67. The molecule has 0 amide bonds. The molecule has 0 aliphatic heterocycles. The van der Waals surface area contributed by atoms with E-state index in [0.717, 1.165) is 24.5 Å². The first-order valence-corrected chi connectivity index (χ1v) is 6.38. The van der Waals surface area contributed by atoms with Crippen LogP contribution in [0, 0.1) is 5.82 Å². The summed E-state index contributed by atoms with van der Waals surface area (Å²) in [6.07, 6.45) is 3.77. The Morgan fingerprint density at radius 2 is 2.24 bits per heavy atom. The minimum Gasteiger partial charge on any atom is -0.354 e. The van der Waals surface area contributed by atoms with Crippen LogP contribution in [0.25, 0.3) is 0 Å². The van der Waals surface area contributed by atoms with E-state index in [1.165, 1.54) is 19.0 Å². The lowest BCUT2D eigenvalue weighted by molar-refractivity contribution is 0.612. The molecule has 1 heterocycles. The van der Waals surface area contributed by atoms with Gasteiger partial charge < -0.3 is 10.2 Å². The number of rotatable bonds is 6. The number of hydrogen-bond acceptors (Lipinski definition) is 3. The molecule has 0 atom stereocenters. The topological polar surface area (TPSA) is 28.2 Å². The van der Waals surface area contributed by atoms with Crippen molar-refractivity contribution in [1.82, 2.24) is 10.3 Å². The molecule has 1 N–H and O–H groups in total. The Bertz CT molecular complexity index is 377. The van der Waals surface area contributed by atoms with Gasteiger partial charge in [0.2, 0.25) is 0 Å². The van der Waals surface area contributed by atoms with Crippen LogP contribution in [-0.2, 0) is 6.54 Å². The summed E-state index contributed by atoms with van der Waals surface area (Å²) >= 11 is 0. The fourth-order valence-corrected chi connectivity index (χ4v) is 2.09. The van der Waals surface area contributed by atoms with E-state index in [1.54, 1.807) is 6.07 Å². The summed E-state index contributed by atoms with van der Waals surface area (Å²) in [5.41, 5.74) is 0.959. The molecule has 4 heteroatoms. The van der Waals surface area contributed by atoms with Crippen LogP contribution in [-0.4, -0.2) is 24.1 Å². The molecule has 0 radical (unpaired) electrons. The third-order valence-corrected chi connectivity index (χ3v) is 3.08. The predicted octanol–water partition coefficient (Wildman–Crippen LogP) is 2.32. The normalized spacial score (nSPS) is 15.0. The van der Waals surface area contributed by atoms with Gasteiger partial charge >= 0.3 is 0 Å². The fourth-order valence-electron chi connectivity index (χ4n) is 2.09. The number of hydrogen-bond donors (Lipinski definition) is 1. The van der Waals surface area contributed by atoms with Gasteiger partial charge in [-0.25, -0.2) is 9.37 Å². The van der Waals surface area contributed by atoms with Crippen molar-refractivity contribution >= 4 is 5.82 Å². The van der Waals surface area contributed by atoms with E-state index in [4.69, 9.17) is 0 Å². The number of halogens is 1. The lowest BCUT2D eigenvalue weighted by atomic mass is 10.2. The van der Waals surface area contributed by atoms with Crippen LogP contribution in [0.1, 0.15) is 32.3 Å². The number of aromatic nitrogens is 1. The maximum atomic E-state index is 13.2. The first-order valence-electron chi connectivity index (χ1n) is 6.38. The van der Waals surface area contributed by atoms with E-state index in [1.807, 2.05) is 6.92 Å². The Morgan fingerprint density at radius 1 is 1.47 bits per heavy atom. The van der Waals surface area contributed by atoms with Gasteiger partial charge in [0.1, 0.15) is 11.6 Å². The third-order valence-electron chi connectivity index (χ3n) is 3.08. The van der Waals surface area contributed by atoms with Crippen LogP contribution in [0.5, 0.6) is 0 Å². The second kappa shape index (κ2) is 5.45. The summed E-state index contributed by atoms with van der Waals surface area (Å²) in [4.78, 5) is 6.56. The van der Waals surface area contributed by atoms with Crippen molar-refractivity contribution < 1.29 is 4.39 Å². The molecule has 0 saturated heterocycles. The molecule has 17 heavy (non-hydrogen) atoms. The van der Waals surface area contributed by atoms with Gasteiger partial charge in [-0.15, -0.1) is 0 Å². The van der Waals surface area contributed by atoms with Gasteiger partial charge in [0.25, 0.3) is 0 Å². The molecule has 1 aliphatic carbocycles. The Kier molecular flexibility index (Phi) is 3.94. The van der Waals surface area contributed by atoms with Crippen LogP contribution >= 0.6 is 0 Å². The van der Waals surface area contributed by atoms with E-state index in [0.29, 0.717) is 12.6 Å². The maximum Gasteiger partial charge on any atom is 0.141 e. The number of nitrogens with zero attached hydrogens (tertiary/aromatic N) is 2. The molecular weight excluding hydrogens is 217 g/mol. The minimum absolute atomic E-state index is 0.256. The van der Waals surface area contributed by atoms with Crippen molar-refractivity contribution in [2.24, 2.45) is 0 Å². The molecule has 0 bridgehead atoms. The highest BCUT2D eigenvalue weighted by atomic mass is 19.1. The molecule has 1 aliphatic rings. The Balaban J connectivity index is 2.23.